The van der Waals surface area contributed by atoms with Crippen molar-refractivity contribution in [3.8, 4) is 6.01 Å². The van der Waals surface area contributed by atoms with E-state index in [9.17, 15) is 4.79 Å². The van der Waals surface area contributed by atoms with Crippen molar-refractivity contribution >= 4 is 5.97 Å². The molecule has 0 saturated heterocycles. The molecule has 0 atom stereocenters. The molecule has 0 aromatic carbocycles. The first kappa shape index (κ1) is 11.2. The fraction of sp³-hybridized carbons (Fsp3) is 0.300. The Morgan fingerprint density at radius 2 is 2.00 bits per heavy atom. The summed E-state index contributed by atoms with van der Waals surface area (Å²) in [5.41, 5.74) is 1.15. The lowest BCUT2D eigenvalue weighted by atomic mass is 10.1. The van der Waals surface area contributed by atoms with E-state index in [1.54, 1.807) is 12.4 Å². The van der Waals surface area contributed by atoms with Gasteiger partial charge in [-0.25, -0.2) is 14.8 Å². The number of rotatable bonds is 4. The summed E-state index contributed by atoms with van der Waals surface area (Å²) in [6, 6.07) is 0.294. The largest absolute Gasteiger partial charge is 0.467 e. The van der Waals surface area contributed by atoms with Crippen LogP contribution in [0, 0.1) is 0 Å². The van der Waals surface area contributed by atoms with Gasteiger partial charge in [0.1, 0.15) is 0 Å². The van der Waals surface area contributed by atoms with Crippen LogP contribution in [0.5, 0.6) is 6.01 Å². The highest BCUT2D eigenvalue weighted by Gasteiger charge is 2.08. The van der Waals surface area contributed by atoms with E-state index in [0.717, 1.165) is 5.56 Å². The number of hydrogen-bond acceptors (Lipinski definition) is 5. The lowest BCUT2D eigenvalue weighted by Crippen LogP contribution is -2.06. The molecule has 5 heteroatoms. The van der Waals surface area contributed by atoms with Crippen molar-refractivity contribution in [2.75, 3.05) is 14.2 Å². The minimum atomic E-state index is -0.425. The standard InChI is InChI=1S/C10H12N2O3/c1-7(9(13)14-2)4-8-5-11-10(15-3)12-6-8/h5-6H,1,4H2,2-3H3. The SMILES string of the molecule is C=C(Cc1cnc(OC)nc1)C(=O)OC. The molecule has 0 radical (unpaired) electrons. The fourth-order valence-electron chi connectivity index (χ4n) is 1.00. The van der Waals surface area contributed by atoms with E-state index in [2.05, 4.69) is 21.3 Å². The number of hydrogen-bond donors (Lipinski definition) is 0. The number of methoxy groups -OCH3 is 2. The molecule has 0 amide bonds. The van der Waals surface area contributed by atoms with Gasteiger partial charge in [0.2, 0.25) is 0 Å². The smallest absolute Gasteiger partial charge is 0.333 e. The molecule has 0 unspecified atom stereocenters. The monoisotopic (exact) mass is 208 g/mol. The highest BCUT2D eigenvalue weighted by Crippen LogP contribution is 2.07. The summed E-state index contributed by atoms with van der Waals surface area (Å²) in [6.45, 7) is 3.60. The van der Waals surface area contributed by atoms with Crippen molar-refractivity contribution in [2.24, 2.45) is 0 Å². The summed E-state index contributed by atoms with van der Waals surface area (Å²) in [4.78, 5) is 18.9. The Morgan fingerprint density at radius 3 is 2.47 bits per heavy atom. The van der Waals surface area contributed by atoms with Gasteiger partial charge in [-0.2, -0.15) is 0 Å². The second-order valence-electron chi connectivity index (χ2n) is 2.85. The van der Waals surface area contributed by atoms with E-state index in [1.807, 2.05) is 0 Å². The van der Waals surface area contributed by atoms with E-state index in [-0.39, 0.29) is 0 Å². The lowest BCUT2D eigenvalue weighted by Gasteiger charge is -2.03. The number of aromatic nitrogens is 2. The Morgan fingerprint density at radius 1 is 1.40 bits per heavy atom. The number of esters is 1. The summed E-state index contributed by atoms with van der Waals surface area (Å²) in [5, 5.41) is 0. The molecule has 0 spiro atoms. The van der Waals surface area contributed by atoms with Gasteiger partial charge in [0.05, 0.1) is 14.2 Å². The van der Waals surface area contributed by atoms with Crippen LogP contribution in [0.1, 0.15) is 5.56 Å². The van der Waals surface area contributed by atoms with Crippen LogP contribution < -0.4 is 4.74 Å². The number of carbonyl (C=O) groups excluding carboxylic acids is 1. The van der Waals surface area contributed by atoms with Gasteiger partial charge < -0.3 is 9.47 Å². The van der Waals surface area contributed by atoms with Crippen LogP contribution in [-0.2, 0) is 16.0 Å². The van der Waals surface area contributed by atoms with E-state index in [0.29, 0.717) is 18.0 Å². The fourth-order valence-corrected chi connectivity index (χ4v) is 1.00. The molecule has 1 aromatic heterocycles. The summed E-state index contributed by atoms with van der Waals surface area (Å²) in [5.74, 6) is -0.425. The van der Waals surface area contributed by atoms with E-state index in [1.165, 1.54) is 14.2 Å². The van der Waals surface area contributed by atoms with E-state index in [4.69, 9.17) is 4.74 Å². The van der Waals surface area contributed by atoms with Crippen LogP contribution >= 0.6 is 0 Å². The summed E-state index contributed by atoms with van der Waals surface area (Å²) in [6.07, 6.45) is 3.54. The Balaban J connectivity index is 2.65. The van der Waals surface area contributed by atoms with Gasteiger partial charge in [-0.1, -0.05) is 6.58 Å². The van der Waals surface area contributed by atoms with Gasteiger partial charge >= 0.3 is 12.0 Å². The average Bonchev–Trinajstić information content (AvgIpc) is 2.29. The van der Waals surface area contributed by atoms with Crippen LogP contribution in [0.15, 0.2) is 24.5 Å². The Bertz CT molecular complexity index is 359. The van der Waals surface area contributed by atoms with Gasteiger partial charge in [-0.05, 0) is 5.56 Å². The van der Waals surface area contributed by atoms with Gasteiger partial charge in [-0.15, -0.1) is 0 Å². The molecule has 1 aromatic rings. The Labute approximate surface area is 87.8 Å². The first-order valence-electron chi connectivity index (χ1n) is 4.28. The van der Waals surface area contributed by atoms with Crippen LogP contribution in [-0.4, -0.2) is 30.2 Å². The van der Waals surface area contributed by atoms with Crippen molar-refractivity contribution in [3.05, 3.63) is 30.1 Å². The molecule has 80 valence electrons. The third-order valence-electron chi connectivity index (χ3n) is 1.76. The number of carbonyl (C=O) groups is 1. The molecular formula is C10H12N2O3. The lowest BCUT2D eigenvalue weighted by molar-refractivity contribution is -0.136. The quantitative estimate of drug-likeness (QED) is 0.540. The second kappa shape index (κ2) is 5.09. The van der Waals surface area contributed by atoms with Crippen molar-refractivity contribution in [2.45, 2.75) is 6.42 Å². The molecule has 0 saturated carbocycles. The minimum absolute atomic E-state index is 0.294. The predicted octanol–water partition coefficient (Wildman–Crippen LogP) is 0.757. The van der Waals surface area contributed by atoms with Gasteiger partial charge in [-0.3, -0.25) is 0 Å². The van der Waals surface area contributed by atoms with Crippen molar-refractivity contribution in [1.82, 2.24) is 9.97 Å². The molecule has 0 fully saturated rings. The maximum atomic E-state index is 11.1. The summed E-state index contributed by atoms with van der Waals surface area (Å²) >= 11 is 0. The van der Waals surface area contributed by atoms with Crippen LogP contribution in [0.4, 0.5) is 0 Å². The molecule has 0 N–H and O–H groups in total. The zero-order valence-corrected chi connectivity index (χ0v) is 8.69. The number of nitrogens with zero attached hydrogens (tertiary/aromatic N) is 2. The first-order chi connectivity index (χ1) is 7.17. The second-order valence-corrected chi connectivity index (χ2v) is 2.85. The predicted molar refractivity (Wildman–Crippen MR) is 53.4 cm³/mol. The Kier molecular flexibility index (Phi) is 3.79. The maximum absolute atomic E-state index is 11.1. The molecule has 0 aliphatic heterocycles. The van der Waals surface area contributed by atoms with Crippen LogP contribution in [0.2, 0.25) is 0 Å². The molecule has 0 aliphatic rings. The van der Waals surface area contributed by atoms with Crippen LogP contribution in [0.3, 0.4) is 0 Å². The zero-order chi connectivity index (χ0) is 11.3. The highest BCUT2D eigenvalue weighted by molar-refractivity contribution is 5.88. The molecule has 15 heavy (non-hydrogen) atoms. The van der Waals surface area contributed by atoms with Crippen molar-refractivity contribution < 1.29 is 14.3 Å². The van der Waals surface area contributed by atoms with E-state index >= 15 is 0 Å². The first-order valence-corrected chi connectivity index (χ1v) is 4.28. The highest BCUT2D eigenvalue weighted by atomic mass is 16.5. The molecule has 0 aliphatic carbocycles. The van der Waals surface area contributed by atoms with Gasteiger partial charge in [0.25, 0.3) is 0 Å². The normalized spacial score (nSPS) is 9.47. The third kappa shape index (κ3) is 3.05. The Hall–Kier alpha value is -1.91. The zero-order valence-electron chi connectivity index (χ0n) is 8.69. The number of ether oxygens (including phenoxy) is 2. The maximum Gasteiger partial charge on any atom is 0.333 e. The van der Waals surface area contributed by atoms with Gasteiger partial charge in [0.15, 0.2) is 0 Å². The van der Waals surface area contributed by atoms with E-state index < -0.39 is 5.97 Å². The minimum Gasteiger partial charge on any atom is -0.467 e. The van der Waals surface area contributed by atoms with Gasteiger partial charge in [0, 0.05) is 24.4 Å². The molecule has 0 bridgehead atoms. The molecule has 1 heterocycles. The topological polar surface area (TPSA) is 61.3 Å². The summed E-state index contributed by atoms with van der Waals surface area (Å²) < 4.78 is 9.33. The van der Waals surface area contributed by atoms with Crippen molar-refractivity contribution in [1.29, 1.82) is 0 Å². The molecule has 5 nitrogen and oxygen atoms in total. The van der Waals surface area contributed by atoms with Crippen LogP contribution in [0.25, 0.3) is 0 Å². The molecule has 1 rings (SSSR count). The average molecular weight is 208 g/mol. The summed E-state index contributed by atoms with van der Waals surface area (Å²) in [7, 11) is 2.81. The van der Waals surface area contributed by atoms with Crippen molar-refractivity contribution in [3.63, 3.8) is 0 Å². The molecular weight excluding hydrogens is 196 g/mol. The third-order valence-corrected chi connectivity index (χ3v) is 1.76.